The highest BCUT2D eigenvalue weighted by atomic mass is 19.4. The number of hydrogen-bond acceptors (Lipinski definition) is 5. The molecule has 0 N–H and O–H groups in total. The van der Waals surface area contributed by atoms with Crippen molar-refractivity contribution >= 4 is 17.1 Å². The van der Waals surface area contributed by atoms with Crippen LogP contribution in [0.1, 0.15) is 19.4 Å². The maximum atomic E-state index is 12.8. The molecule has 0 amide bonds. The van der Waals surface area contributed by atoms with E-state index in [2.05, 4.69) is 6.58 Å². The van der Waals surface area contributed by atoms with E-state index in [-0.39, 0.29) is 6.54 Å². The molecule has 0 saturated heterocycles. The number of hydrogen-bond donors (Lipinski definition) is 0. The minimum absolute atomic E-state index is 0.111. The lowest BCUT2D eigenvalue weighted by atomic mass is 10.1. The van der Waals surface area contributed by atoms with E-state index in [0.29, 0.717) is 12.1 Å². The first-order chi connectivity index (χ1) is 10.5. The number of nitrogens with zero attached hydrogens (tertiary/aromatic N) is 3. The zero-order valence-electron chi connectivity index (χ0n) is 12.3. The van der Waals surface area contributed by atoms with Gasteiger partial charge in [0.1, 0.15) is 0 Å². The summed E-state index contributed by atoms with van der Waals surface area (Å²) in [5.74, 6) is 0. The van der Waals surface area contributed by atoms with E-state index in [1.54, 1.807) is 13.8 Å². The zero-order chi connectivity index (χ0) is 17.9. The molecule has 0 saturated carbocycles. The van der Waals surface area contributed by atoms with Crippen LogP contribution in [0.15, 0.2) is 24.8 Å². The van der Waals surface area contributed by atoms with Crippen LogP contribution >= 0.6 is 0 Å². The van der Waals surface area contributed by atoms with Crippen LogP contribution < -0.4 is 4.90 Å². The highest BCUT2D eigenvalue weighted by Gasteiger charge is 2.39. The Labute approximate surface area is 129 Å². The average Bonchev–Trinajstić information content (AvgIpc) is 2.45. The van der Waals surface area contributed by atoms with Gasteiger partial charge in [-0.1, -0.05) is 6.08 Å². The van der Waals surface area contributed by atoms with Gasteiger partial charge in [0, 0.05) is 24.7 Å². The Kier molecular flexibility index (Phi) is 5.30. The second-order valence-electron chi connectivity index (χ2n) is 4.64. The van der Waals surface area contributed by atoms with E-state index in [0.717, 1.165) is 0 Å². The van der Waals surface area contributed by atoms with Crippen LogP contribution in [0.25, 0.3) is 0 Å². The molecule has 1 aromatic rings. The molecule has 1 atom stereocenters. The highest BCUT2D eigenvalue weighted by molar-refractivity contribution is 5.77. The van der Waals surface area contributed by atoms with Crippen molar-refractivity contribution in [3.63, 3.8) is 0 Å². The smallest absolute Gasteiger partial charge is 0.354 e. The number of anilines is 1. The summed E-state index contributed by atoms with van der Waals surface area (Å²) in [7, 11) is 0. The molecule has 0 aliphatic rings. The van der Waals surface area contributed by atoms with Gasteiger partial charge in [-0.05, 0) is 13.8 Å². The molecule has 0 fully saturated rings. The topological polar surface area (TPSA) is 89.5 Å². The van der Waals surface area contributed by atoms with E-state index in [9.17, 15) is 33.4 Å². The lowest BCUT2D eigenvalue weighted by Crippen LogP contribution is -2.32. The normalized spacial score (nSPS) is 12.6. The summed E-state index contributed by atoms with van der Waals surface area (Å²) >= 11 is 0. The second-order valence-corrected chi connectivity index (χ2v) is 4.64. The predicted octanol–water partition coefficient (Wildman–Crippen LogP) is 3.92. The summed E-state index contributed by atoms with van der Waals surface area (Å²) in [6.45, 7) is 6.76. The first-order valence-corrected chi connectivity index (χ1v) is 6.47. The van der Waals surface area contributed by atoms with Crippen LogP contribution in [0.3, 0.4) is 0 Å². The van der Waals surface area contributed by atoms with Gasteiger partial charge < -0.3 is 4.90 Å². The van der Waals surface area contributed by atoms with Crippen molar-refractivity contribution in [3.8, 4) is 0 Å². The van der Waals surface area contributed by atoms with Crippen molar-refractivity contribution in [1.82, 2.24) is 0 Å². The quantitative estimate of drug-likeness (QED) is 0.447. The van der Waals surface area contributed by atoms with Crippen LogP contribution in [0, 0.1) is 20.2 Å². The second kappa shape index (κ2) is 6.63. The lowest BCUT2D eigenvalue weighted by Gasteiger charge is -2.27. The molecular weight excluding hydrogens is 319 g/mol. The molecule has 126 valence electrons. The van der Waals surface area contributed by atoms with Crippen molar-refractivity contribution in [3.05, 3.63) is 50.6 Å². The Bertz CT molecular complexity index is 611. The molecule has 1 rings (SSSR count). The molecule has 0 aliphatic carbocycles. The van der Waals surface area contributed by atoms with Crippen molar-refractivity contribution in [2.24, 2.45) is 0 Å². The molecule has 1 unspecified atom stereocenters. The molecule has 0 aromatic heterocycles. The maximum absolute atomic E-state index is 12.8. The standard InChI is InChI=1S/C13H14F3N3O4/c1-4-8(3)17(5-2)12-10(18(20)21)6-9(13(14,15)16)7-11(12)19(22)23/h4,6-8H,1,5H2,2-3H3. The van der Waals surface area contributed by atoms with Gasteiger partial charge in [-0.25, -0.2) is 0 Å². The van der Waals surface area contributed by atoms with Gasteiger partial charge in [-0.3, -0.25) is 20.2 Å². The Morgan fingerprint density at radius 2 is 1.70 bits per heavy atom. The molecule has 0 bridgehead atoms. The third kappa shape index (κ3) is 3.76. The Balaban J connectivity index is 3.82. The molecule has 1 aromatic carbocycles. The number of halogens is 3. The summed E-state index contributed by atoms with van der Waals surface area (Å²) in [5, 5.41) is 22.3. The highest BCUT2D eigenvalue weighted by Crippen LogP contribution is 2.43. The maximum Gasteiger partial charge on any atom is 0.416 e. The van der Waals surface area contributed by atoms with Crippen LogP contribution in [-0.2, 0) is 6.18 Å². The van der Waals surface area contributed by atoms with Gasteiger partial charge in [0.05, 0.1) is 15.4 Å². The molecule has 0 heterocycles. The molecular formula is C13H14F3N3O4. The fourth-order valence-electron chi connectivity index (χ4n) is 2.12. The van der Waals surface area contributed by atoms with E-state index < -0.39 is 44.7 Å². The largest absolute Gasteiger partial charge is 0.416 e. The van der Waals surface area contributed by atoms with Crippen LogP contribution in [0.5, 0.6) is 0 Å². The molecule has 7 nitrogen and oxygen atoms in total. The van der Waals surface area contributed by atoms with Crippen LogP contribution in [0.2, 0.25) is 0 Å². The van der Waals surface area contributed by atoms with Crippen molar-refractivity contribution in [2.75, 3.05) is 11.4 Å². The number of alkyl halides is 3. The Hall–Kier alpha value is -2.65. The minimum atomic E-state index is -4.94. The van der Waals surface area contributed by atoms with Gasteiger partial charge in [0.25, 0.3) is 11.4 Å². The Morgan fingerprint density at radius 3 is 1.96 bits per heavy atom. The summed E-state index contributed by atoms with van der Waals surface area (Å²) < 4.78 is 38.5. The van der Waals surface area contributed by atoms with Gasteiger partial charge >= 0.3 is 6.18 Å². The lowest BCUT2D eigenvalue weighted by molar-refractivity contribution is -0.393. The number of benzene rings is 1. The van der Waals surface area contributed by atoms with Gasteiger partial charge in [0.15, 0.2) is 5.69 Å². The Morgan fingerprint density at radius 1 is 1.26 bits per heavy atom. The van der Waals surface area contributed by atoms with Crippen molar-refractivity contribution in [2.45, 2.75) is 26.1 Å². The van der Waals surface area contributed by atoms with E-state index >= 15 is 0 Å². The van der Waals surface area contributed by atoms with Crippen LogP contribution in [0.4, 0.5) is 30.2 Å². The van der Waals surface area contributed by atoms with Crippen LogP contribution in [-0.4, -0.2) is 22.4 Å². The first-order valence-electron chi connectivity index (χ1n) is 6.47. The van der Waals surface area contributed by atoms with E-state index in [1.807, 2.05) is 0 Å². The molecule has 0 radical (unpaired) electrons. The summed E-state index contributed by atoms with van der Waals surface area (Å²) in [5.41, 5.74) is -3.85. The van der Waals surface area contributed by atoms with Crippen molar-refractivity contribution < 1.29 is 23.0 Å². The van der Waals surface area contributed by atoms with Gasteiger partial charge in [-0.15, -0.1) is 6.58 Å². The number of likely N-dealkylation sites (N-methyl/N-ethyl adjacent to an activating group) is 1. The summed E-state index contributed by atoms with van der Waals surface area (Å²) in [6.07, 6.45) is -3.55. The summed E-state index contributed by atoms with van der Waals surface area (Å²) in [4.78, 5) is 21.5. The monoisotopic (exact) mass is 333 g/mol. The van der Waals surface area contributed by atoms with E-state index in [4.69, 9.17) is 0 Å². The number of nitro groups is 2. The minimum Gasteiger partial charge on any atom is -0.354 e. The van der Waals surface area contributed by atoms with E-state index in [1.165, 1.54) is 11.0 Å². The third-order valence-electron chi connectivity index (χ3n) is 3.25. The average molecular weight is 333 g/mol. The zero-order valence-corrected chi connectivity index (χ0v) is 12.3. The van der Waals surface area contributed by atoms with Crippen molar-refractivity contribution in [1.29, 1.82) is 0 Å². The molecule has 0 spiro atoms. The fraction of sp³-hybridized carbons (Fsp3) is 0.385. The van der Waals surface area contributed by atoms with Gasteiger partial charge in [-0.2, -0.15) is 13.2 Å². The molecule has 10 heteroatoms. The predicted molar refractivity (Wildman–Crippen MR) is 77.4 cm³/mol. The molecule has 0 aliphatic heterocycles. The number of rotatable bonds is 6. The third-order valence-corrected chi connectivity index (χ3v) is 3.25. The van der Waals surface area contributed by atoms with Gasteiger partial charge in [0.2, 0.25) is 0 Å². The first kappa shape index (κ1) is 18.4. The number of nitro benzene ring substituents is 2. The molecule has 23 heavy (non-hydrogen) atoms. The summed E-state index contributed by atoms with van der Waals surface area (Å²) in [6, 6.07) is 0.0656. The fourth-order valence-corrected chi connectivity index (χ4v) is 2.12. The SMILES string of the molecule is C=CC(C)N(CC)c1c([N+](=O)[O-])cc(C(F)(F)F)cc1[N+](=O)[O-].